The number of hydrogen-bond acceptors (Lipinski definition) is 2. The molecule has 0 atom stereocenters. The molecule has 4 heteroatoms. The van der Waals surface area contributed by atoms with Crippen molar-refractivity contribution in [2.75, 3.05) is 4.90 Å². The number of anilines is 3. The van der Waals surface area contributed by atoms with Gasteiger partial charge in [0, 0.05) is 44.4 Å². The standard InChI is InChI=1S/C61H44N4/c1-60(2)45-22-11-9-18-40(45)44-36-38(29-30-47(44)60)64(53-27-15-24-48-56(53)43-21-10-12-23-46(43)61(48,3)4)50-32-33-51(42-20-8-7-19-41(42)50)65-54-31-28-37-16-5-6-17-39(37)57(54)58-55(65)34-35-63-52-26-14-13-25-49(52)62-59(58)63/h5-36H,1-4H3. The number of pyridine rings is 1. The van der Waals surface area contributed by atoms with Crippen molar-refractivity contribution in [1.29, 1.82) is 0 Å². The topological polar surface area (TPSA) is 25.5 Å². The molecular weight excluding hydrogens is 789 g/mol. The van der Waals surface area contributed by atoms with Crippen LogP contribution in [0.5, 0.6) is 0 Å². The van der Waals surface area contributed by atoms with Crippen LogP contribution < -0.4 is 4.90 Å². The van der Waals surface area contributed by atoms with Crippen molar-refractivity contribution in [1.82, 2.24) is 14.0 Å². The average molecular weight is 833 g/mol. The van der Waals surface area contributed by atoms with Crippen LogP contribution >= 0.6 is 0 Å². The van der Waals surface area contributed by atoms with Crippen LogP contribution in [0.15, 0.2) is 194 Å². The van der Waals surface area contributed by atoms with Crippen molar-refractivity contribution >= 4 is 77.1 Å². The molecule has 0 aliphatic heterocycles. The normalized spacial score (nSPS) is 14.4. The van der Waals surface area contributed by atoms with Gasteiger partial charge in [-0.2, -0.15) is 0 Å². The Hall–Kier alpha value is -7.95. The number of aromatic nitrogens is 3. The summed E-state index contributed by atoms with van der Waals surface area (Å²) in [5.41, 5.74) is 20.4. The number of benzene rings is 9. The van der Waals surface area contributed by atoms with Crippen molar-refractivity contribution in [2.45, 2.75) is 38.5 Å². The first kappa shape index (κ1) is 36.5. The fourth-order valence-corrected chi connectivity index (χ4v) is 12.1. The van der Waals surface area contributed by atoms with E-state index in [4.69, 9.17) is 4.98 Å². The third kappa shape index (κ3) is 4.78. The summed E-state index contributed by atoms with van der Waals surface area (Å²) < 4.78 is 4.75. The molecule has 0 spiro atoms. The molecule has 2 aliphatic carbocycles. The smallest absolute Gasteiger partial charge is 0.148 e. The van der Waals surface area contributed by atoms with E-state index in [2.05, 4.69) is 236 Å². The molecule has 14 rings (SSSR count). The largest absolute Gasteiger partial charge is 0.309 e. The van der Waals surface area contributed by atoms with Gasteiger partial charge in [-0.3, -0.25) is 4.40 Å². The Morgan fingerprint density at radius 2 is 1.11 bits per heavy atom. The molecule has 9 aromatic carbocycles. The molecular formula is C61H44N4. The zero-order valence-corrected chi connectivity index (χ0v) is 36.8. The minimum absolute atomic E-state index is 0.0943. The van der Waals surface area contributed by atoms with Crippen LogP contribution in [0.2, 0.25) is 0 Å². The SMILES string of the molecule is CC1(C)c2ccccc2-c2cc(N(c3cccc4c3-c3ccccc3C4(C)C)c3ccc(-n4c5ccc6ccccc6c5c5c4ccn4c6ccccc6nc54)c4ccccc34)ccc21. The molecule has 0 radical (unpaired) electrons. The lowest BCUT2D eigenvalue weighted by atomic mass is 9.82. The molecule has 0 saturated carbocycles. The van der Waals surface area contributed by atoms with Gasteiger partial charge in [0.1, 0.15) is 5.65 Å². The second-order valence-electron chi connectivity index (χ2n) is 19.1. The molecule has 2 aliphatic rings. The molecule has 0 N–H and O–H groups in total. The van der Waals surface area contributed by atoms with Crippen LogP contribution in [0.1, 0.15) is 49.9 Å². The Balaban J connectivity index is 1.07. The van der Waals surface area contributed by atoms with E-state index in [1.807, 2.05) is 0 Å². The monoisotopic (exact) mass is 832 g/mol. The van der Waals surface area contributed by atoms with Gasteiger partial charge in [-0.1, -0.05) is 161 Å². The Morgan fingerprint density at radius 1 is 0.446 bits per heavy atom. The van der Waals surface area contributed by atoms with E-state index in [9.17, 15) is 0 Å². The van der Waals surface area contributed by atoms with Gasteiger partial charge in [0.2, 0.25) is 0 Å². The first-order valence-corrected chi connectivity index (χ1v) is 22.8. The maximum absolute atomic E-state index is 5.32. The summed E-state index contributed by atoms with van der Waals surface area (Å²) in [4.78, 5) is 7.87. The molecule has 0 saturated heterocycles. The summed E-state index contributed by atoms with van der Waals surface area (Å²) in [5.74, 6) is 0. The summed E-state index contributed by atoms with van der Waals surface area (Å²) >= 11 is 0. The highest BCUT2D eigenvalue weighted by Crippen LogP contribution is 2.56. The van der Waals surface area contributed by atoms with Gasteiger partial charge in [0.05, 0.1) is 44.5 Å². The third-order valence-corrected chi connectivity index (χ3v) is 15.1. The Labute approximate surface area is 377 Å². The van der Waals surface area contributed by atoms with Gasteiger partial charge in [0.15, 0.2) is 0 Å². The predicted molar refractivity (Wildman–Crippen MR) is 272 cm³/mol. The summed E-state index contributed by atoms with van der Waals surface area (Å²) in [6, 6.07) is 70.0. The number of rotatable bonds is 4. The molecule has 0 bridgehead atoms. The second kappa shape index (κ2) is 12.8. The van der Waals surface area contributed by atoms with Crippen LogP contribution in [-0.4, -0.2) is 14.0 Å². The van der Waals surface area contributed by atoms with Gasteiger partial charge >= 0.3 is 0 Å². The highest BCUT2D eigenvalue weighted by molar-refractivity contribution is 6.26. The average Bonchev–Trinajstić information content (AvgIpc) is 4.03. The summed E-state index contributed by atoms with van der Waals surface area (Å²) in [6.07, 6.45) is 2.20. The summed E-state index contributed by atoms with van der Waals surface area (Å²) in [5, 5.41) is 7.18. The summed E-state index contributed by atoms with van der Waals surface area (Å²) in [6.45, 7) is 9.47. The molecule has 12 aromatic rings. The van der Waals surface area contributed by atoms with Gasteiger partial charge in [-0.15, -0.1) is 0 Å². The molecule has 3 heterocycles. The van der Waals surface area contributed by atoms with E-state index in [1.165, 1.54) is 77.1 Å². The lowest BCUT2D eigenvalue weighted by Gasteiger charge is -2.31. The first-order chi connectivity index (χ1) is 31.8. The Bertz CT molecular complexity index is 4030. The lowest BCUT2D eigenvalue weighted by molar-refractivity contribution is 0.660. The minimum Gasteiger partial charge on any atom is -0.309 e. The number of para-hydroxylation sites is 2. The Morgan fingerprint density at radius 3 is 1.97 bits per heavy atom. The van der Waals surface area contributed by atoms with Crippen LogP contribution in [-0.2, 0) is 10.8 Å². The predicted octanol–water partition coefficient (Wildman–Crippen LogP) is 16.0. The lowest BCUT2D eigenvalue weighted by Crippen LogP contribution is -2.17. The third-order valence-electron chi connectivity index (χ3n) is 15.1. The number of hydrogen-bond donors (Lipinski definition) is 0. The minimum atomic E-state index is -0.146. The van der Waals surface area contributed by atoms with E-state index >= 15 is 0 Å². The van der Waals surface area contributed by atoms with Gasteiger partial charge in [-0.25, -0.2) is 4.98 Å². The van der Waals surface area contributed by atoms with Crippen molar-refractivity contribution < 1.29 is 0 Å². The quantitative estimate of drug-likeness (QED) is 0.177. The van der Waals surface area contributed by atoms with Crippen molar-refractivity contribution in [3.05, 3.63) is 217 Å². The number of imidazole rings is 1. The van der Waals surface area contributed by atoms with Crippen LogP contribution in [0.3, 0.4) is 0 Å². The first-order valence-electron chi connectivity index (χ1n) is 22.8. The highest BCUT2D eigenvalue weighted by atomic mass is 15.1. The van der Waals surface area contributed by atoms with E-state index < -0.39 is 0 Å². The van der Waals surface area contributed by atoms with Gasteiger partial charge in [0.25, 0.3) is 0 Å². The van der Waals surface area contributed by atoms with E-state index in [0.717, 1.165) is 50.2 Å². The molecule has 0 fully saturated rings. The summed E-state index contributed by atoms with van der Waals surface area (Å²) in [7, 11) is 0. The molecule has 0 amide bonds. The van der Waals surface area contributed by atoms with Gasteiger partial charge < -0.3 is 9.47 Å². The second-order valence-corrected chi connectivity index (χ2v) is 19.1. The fraction of sp³-hybridized carbons (Fsp3) is 0.0984. The van der Waals surface area contributed by atoms with Crippen LogP contribution in [0.4, 0.5) is 17.1 Å². The zero-order valence-electron chi connectivity index (χ0n) is 36.8. The fourth-order valence-electron chi connectivity index (χ4n) is 12.1. The molecule has 0 unspecified atom stereocenters. The number of nitrogens with zero attached hydrogens (tertiary/aromatic N) is 4. The maximum Gasteiger partial charge on any atom is 0.148 e. The van der Waals surface area contributed by atoms with Crippen molar-refractivity contribution in [3.8, 4) is 27.9 Å². The zero-order chi connectivity index (χ0) is 43.3. The van der Waals surface area contributed by atoms with E-state index in [-0.39, 0.29) is 10.8 Å². The molecule has 3 aromatic heterocycles. The highest BCUT2D eigenvalue weighted by Gasteiger charge is 2.39. The Kier molecular flexibility index (Phi) is 7.21. The van der Waals surface area contributed by atoms with Crippen molar-refractivity contribution in [2.24, 2.45) is 0 Å². The molecule has 65 heavy (non-hydrogen) atoms. The number of fused-ring (bicyclic) bond motifs is 16. The van der Waals surface area contributed by atoms with Crippen LogP contribution in [0, 0.1) is 0 Å². The molecule has 4 nitrogen and oxygen atoms in total. The maximum atomic E-state index is 5.32. The van der Waals surface area contributed by atoms with Crippen molar-refractivity contribution in [3.63, 3.8) is 0 Å². The molecule has 308 valence electrons. The van der Waals surface area contributed by atoms with E-state index in [1.54, 1.807) is 0 Å². The van der Waals surface area contributed by atoms with E-state index in [0.29, 0.717) is 0 Å². The van der Waals surface area contributed by atoms with Crippen LogP contribution in [0.25, 0.3) is 88.0 Å². The van der Waals surface area contributed by atoms with Gasteiger partial charge in [-0.05, 0) is 104 Å².